The number of hydrogen-bond donors (Lipinski definition) is 2. The van der Waals surface area contributed by atoms with Crippen molar-refractivity contribution in [2.75, 3.05) is 42.9 Å². The van der Waals surface area contributed by atoms with Crippen molar-refractivity contribution < 1.29 is 9.69 Å². The van der Waals surface area contributed by atoms with Crippen LogP contribution in [0.4, 0.5) is 11.6 Å². The summed E-state index contributed by atoms with van der Waals surface area (Å²) < 4.78 is 0. The summed E-state index contributed by atoms with van der Waals surface area (Å²) in [6, 6.07) is 8.67. The molecule has 0 radical (unpaired) electrons. The van der Waals surface area contributed by atoms with Crippen LogP contribution < -0.4 is 15.1 Å². The number of carbonyl (C=O) groups is 1. The smallest absolute Gasteiger partial charge is 0.279 e. The van der Waals surface area contributed by atoms with Crippen LogP contribution in [-0.2, 0) is 4.79 Å². The molecular weight excluding hydrogens is 340 g/mol. The van der Waals surface area contributed by atoms with Gasteiger partial charge in [0.25, 0.3) is 5.91 Å². The molecule has 1 aliphatic heterocycles. The summed E-state index contributed by atoms with van der Waals surface area (Å²) in [5.41, 5.74) is 0.856. The first-order valence-corrected chi connectivity index (χ1v) is 8.38. The third kappa shape index (κ3) is 4.44. The van der Waals surface area contributed by atoms with Gasteiger partial charge in [-0.05, 0) is 24.3 Å². The third-order valence-corrected chi connectivity index (χ3v) is 4.33. The zero-order chi connectivity index (χ0) is 17.6. The first kappa shape index (κ1) is 17.1. The maximum Gasteiger partial charge on any atom is 0.279 e. The molecule has 2 heterocycles. The van der Waals surface area contributed by atoms with Crippen LogP contribution in [0.2, 0.25) is 5.02 Å². The van der Waals surface area contributed by atoms with Crippen molar-refractivity contribution in [3.05, 3.63) is 47.2 Å². The van der Waals surface area contributed by atoms with Gasteiger partial charge in [-0.15, -0.1) is 0 Å². The minimum absolute atomic E-state index is 0.127. The van der Waals surface area contributed by atoms with Crippen LogP contribution >= 0.6 is 11.6 Å². The van der Waals surface area contributed by atoms with Crippen LogP contribution in [0.5, 0.6) is 0 Å². The maximum absolute atomic E-state index is 12.3. The number of benzene rings is 1. The molecule has 0 unspecified atom stereocenters. The van der Waals surface area contributed by atoms with Crippen molar-refractivity contribution in [3.8, 4) is 6.07 Å². The lowest BCUT2D eigenvalue weighted by atomic mass is 10.2. The Kier molecular flexibility index (Phi) is 5.43. The molecule has 0 atom stereocenters. The highest BCUT2D eigenvalue weighted by atomic mass is 35.5. The van der Waals surface area contributed by atoms with E-state index in [9.17, 15) is 4.79 Å². The maximum atomic E-state index is 12.3. The number of quaternary nitrogens is 1. The number of nitriles is 1. The Morgan fingerprint density at radius 1 is 1.32 bits per heavy atom. The normalized spacial score (nSPS) is 14.8. The highest BCUT2D eigenvalue weighted by Gasteiger charge is 2.23. The van der Waals surface area contributed by atoms with Gasteiger partial charge in [0.1, 0.15) is 6.07 Å². The van der Waals surface area contributed by atoms with Gasteiger partial charge >= 0.3 is 0 Å². The molecule has 2 N–H and O–H groups in total. The largest absolute Gasteiger partial charge is 0.330 e. The molecule has 1 aromatic carbocycles. The van der Waals surface area contributed by atoms with Gasteiger partial charge in [-0.1, -0.05) is 11.6 Å². The van der Waals surface area contributed by atoms with E-state index in [1.54, 1.807) is 36.7 Å². The molecular formula is C17H18ClN6O+. The number of anilines is 2. The van der Waals surface area contributed by atoms with Gasteiger partial charge in [-0.3, -0.25) is 4.79 Å². The highest BCUT2D eigenvalue weighted by molar-refractivity contribution is 6.31. The molecule has 25 heavy (non-hydrogen) atoms. The molecule has 2 aromatic rings. The number of rotatable bonds is 4. The highest BCUT2D eigenvalue weighted by Crippen LogP contribution is 2.20. The quantitative estimate of drug-likeness (QED) is 0.824. The molecule has 128 valence electrons. The fourth-order valence-corrected chi connectivity index (χ4v) is 2.97. The number of aromatic nitrogens is 2. The van der Waals surface area contributed by atoms with E-state index in [4.69, 9.17) is 16.9 Å². The van der Waals surface area contributed by atoms with Gasteiger partial charge in [0, 0.05) is 17.4 Å². The Morgan fingerprint density at radius 3 is 2.72 bits per heavy atom. The summed E-state index contributed by atoms with van der Waals surface area (Å²) in [6.45, 7) is 3.60. The van der Waals surface area contributed by atoms with Crippen LogP contribution in [-0.4, -0.2) is 48.6 Å². The van der Waals surface area contributed by atoms with E-state index >= 15 is 0 Å². The second kappa shape index (κ2) is 7.92. The van der Waals surface area contributed by atoms with Crippen molar-refractivity contribution in [1.82, 2.24) is 9.97 Å². The van der Waals surface area contributed by atoms with E-state index in [0.717, 1.165) is 32.1 Å². The van der Waals surface area contributed by atoms with Crippen LogP contribution in [0, 0.1) is 11.3 Å². The van der Waals surface area contributed by atoms with E-state index < -0.39 is 0 Å². The van der Waals surface area contributed by atoms with Crippen LogP contribution in [0.1, 0.15) is 5.56 Å². The molecule has 0 bridgehead atoms. The molecule has 7 nitrogen and oxygen atoms in total. The Morgan fingerprint density at radius 2 is 2.04 bits per heavy atom. The van der Waals surface area contributed by atoms with E-state index in [1.165, 1.54) is 4.90 Å². The van der Waals surface area contributed by atoms with Crippen molar-refractivity contribution in [2.24, 2.45) is 0 Å². The van der Waals surface area contributed by atoms with Crippen molar-refractivity contribution in [1.29, 1.82) is 5.26 Å². The lowest BCUT2D eigenvalue weighted by Gasteiger charge is -2.31. The Balaban J connectivity index is 1.53. The number of amides is 1. The van der Waals surface area contributed by atoms with E-state index in [1.807, 2.05) is 0 Å². The predicted molar refractivity (Wildman–Crippen MR) is 94.6 cm³/mol. The van der Waals surface area contributed by atoms with Gasteiger partial charge < -0.3 is 15.1 Å². The van der Waals surface area contributed by atoms with Crippen molar-refractivity contribution >= 4 is 29.1 Å². The van der Waals surface area contributed by atoms with E-state index in [2.05, 4.69) is 26.3 Å². The number of nitrogens with zero attached hydrogens (tertiary/aromatic N) is 4. The fraction of sp³-hybridized carbons (Fsp3) is 0.294. The van der Waals surface area contributed by atoms with Crippen molar-refractivity contribution in [3.63, 3.8) is 0 Å². The van der Waals surface area contributed by atoms with Gasteiger partial charge in [0.15, 0.2) is 6.54 Å². The van der Waals surface area contributed by atoms with Gasteiger partial charge in [0.2, 0.25) is 5.95 Å². The summed E-state index contributed by atoms with van der Waals surface area (Å²) in [5.74, 6) is 0.599. The molecule has 0 saturated carbocycles. The summed E-state index contributed by atoms with van der Waals surface area (Å²) in [5, 5.41) is 12.4. The van der Waals surface area contributed by atoms with Gasteiger partial charge in [-0.25, -0.2) is 9.97 Å². The lowest BCUT2D eigenvalue weighted by molar-refractivity contribution is -0.892. The number of nitrogens with one attached hydrogen (secondary N) is 2. The monoisotopic (exact) mass is 357 g/mol. The Hall–Kier alpha value is -2.69. The number of hydrogen-bond acceptors (Lipinski definition) is 5. The molecule has 0 aliphatic carbocycles. The average molecular weight is 358 g/mol. The van der Waals surface area contributed by atoms with E-state index in [-0.39, 0.29) is 5.91 Å². The van der Waals surface area contributed by atoms with Crippen LogP contribution in [0.15, 0.2) is 36.7 Å². The molecule has 1 aliphatic rings. The first-order chi connectivity index (χ1) is 12.2. The number of halogens is 1. The second-order valence-corrected chi connectivity index (χ2v) is 6.25. The molecule has 1 saturated heterocycles. The van der Waals surface area contributed by atoms with Crippen molar-refractivity contribution in [2.45, 2.75) is 0 Å². The summed E-state index contributed by atoms with van der Waals surface area (Å²) in [4.78, 5) is 24.1. The van der Waals surface area contributed by atoms with Crippen LogP contribution in [0.3, 0.4) is 0 Å². The zero-order valence-electron chi connectivity index (χ0n) is 13.6. The lowest BCUT2D eigenvalue weighted by Crippen LogP contribution is -3.15. The molecule has 1 fully saturated rings. The molecule has 8 heteroatoms. The standard InChI is InChI=1S/C17H17ClN6O/c18-14-3-2-13(11-19)15(10-14)22-16(25)12-23-6-8-24(9-7-23)17-20-4-1-5-21-17/h1-5,10H,6-9,12H2,(H,22,25)/p+1. The zero-order valence-corrected chi connectivity index (χ0v) is 14.3. The second-order valence-electron chi connectivity index (χ2n) is 5.81. The number of carbonyl (C=O) groups excluding carboxylic acids is 1. The SMILES string of the molecule is N#Cc1ccc(Cl)cc1NC(=O)C[NH+]1CCN(c2ncccn2)CC1. The summed E-state index contributed by atoms with van der Waals surface area (Å²) >= 11 is 5.94. The third-order valence-electron chi connectivity index (χ3n) is 4.09. The minimum Gasteiger partial charge on any atom is -0.330 e. The molecule has 1 aromatic heterocycles. The first-order valence-electron chi connectivity index (χ1n) is 8.01. The predicted octanol–water partition coefficient (Wildman–Crippen LogP) is 0.345. The van der Waals surface area contributed by atoms with Crippen LogP contribution in [0.25, 0.3) is 0 Å². The Bertz CT molecular complexity index is 783. The number of piperazine rings is 1. The summed E-state index contributed by atoms with van der Waals surface area (Å²) in [6.07, 6.45) is 3.46. The molecule has 0 spiro atoms. The molecule has 1 amide bonds. The van der Waals surface area contributed by atoms with E-state index in [0.29, 0.717) is 22.8 Å². The average Bonchev–Trinajstić information content (AvgIpc) is 2.63. The minimum atomic E-state index is -0.127. The summed E-state index contributed by atoms with van der Waals surface area (Å²) in [7, 11) is 0. The topological polar surface area (TPSA) is 86.4 Å². The Labute approximate surface area is 150 Å². The molecule has 3 rings (SSSR count). The van der Waals surface area contributed by atoms with Gasteiger partial charge in [0.05, 0.1) is 37.4 Å². The van der Waals surface area contributed by atoms with Gasteiger partial charge in [-0.2, -0.15) is 5.26 Å². The fourth-order valence-electron chi connectivity index (χ4n) is 2.79.